The number of anilines is 1. The predicted octanol–water partition coefficient (Wildman–Crippen LogP) is 1.19. The molecular formula is C20H18N4O4. The monoisotopic (exact) mass is 378 g/mol. The molecule has 2 aromatic heterocycles. The van der Waals surface area contributed by atoms with E-state index in [0.29, 0.717) is 30.2 Å². The minimum Gasteiger partial charge on any atom is -0.497 e. The first-order valence-electron chi connectivity index (χ1n) is 8.78. The molecule has 1 saturated heterocycles. The van der Waals surface area contributed by atoms with E-state index in [1.165, 1.54) is 15.5 Å². The summed E-state index contributed by atoms with van der Waals surface area (Å²) in [7, 11) is 1.56. The fourth-order valence-corrected chi connectivity index (χ4v) is 3.24. The maximum atomic E-state index is 12.8. The minimum absolute atomic E-state index is 0.0497. The summed E-state index contributed by atoms with van der Waals surface area (Å²) in [5.41, 5.74) is 0.677. The van der Waals surface area contributed by atoms with Crippen molar-refractivity contribution in [2.45, 2.75) is 0 Å². The van der Waals surface area contributed by atoms with Gasteiger partial charge in [-0.15, -0.1) is 0 Å². The number of amides is 2. The van der Waals surface area contributed by atoms with Gasteiger partial charge in [-0.1, -0.05) is 12.1 Å². The molecule has 0 aliphatic carbocycles. The van der Waals surface area contributed by atoms with Gasteiger partial charge in [-0.2, -0.15) is 0 Å². The Morgan fingerprint density at radius 1 is 1.11 bits per heavy atom. The number of fused-ring (bicyclic) bond motifs is 1. The number of rotatable bonds is 3. The van der Waals surface area contributed by atoms with Crippen LogP contribution in [0, 0.1) is 0 Å². The lowest BCUT2D eigenvalue weighted by Gasteiger charge is -2.34. The van der Waals surface area contributed by atoms with Crippen LogP contribution in [0.2, 0.25) is 0 Å². The van der Waals surface area contributed by atoms with E-state index >= 15 is 0 Å². The highest BCUT2D eigenvalue weighted by molar-refractivity contribution is 6.01. The molecule has 0 N–H and O–H groups in total. The molecule has 142 valence electrons. The number of aromatic nitrogens is 2. The number of carbonyl (C=O) groups is 2. The Labute approximate surface area is 160 Å². The lowest BCUT2D eigenvalue weighted by atomic mass is 10.2. The lowest BCUT2D eigenvalue weighted by Crippen LogP contribution is -2.53. The molecule has 2 amide bonds. The van der Waals surface area contributed by atoms with E-state index in [4.69, 9.17) is 4.74 Å². The molecular weight excluding hydrogens is 360 g/mol. The molecule has 0 unspecified atom stereocenters. The zero-order valence-corrected chi connectivity index (χ0v) is 15.2. The van der Waals surface area contributed by atoms with Crippen LogP contribution in [0.15, 0.2) is 59.7 Å². The van der Waals surface area contributed by atoms with Gasteiger partial charge in [-0.3, -0.25) is 18.8 Å². The number of methoxy groups -OCH3 is 1. The Bertz CT molecular complexity index is 1120. The highest BCUT2D eigenvalue weighted by atomic mass is 16.5. The summed E-state index contributed by atoms with van der Waals surface area (Å²) in [6, 6.07) is 12.3. The van der Waals surface area contributed by atoms with Gasteiger partial charge >= 0.3 is 0 Å². The second-order valence-electron chi connectivity index (χ2n) is 6.38. The van der Waals surface area contributed by atoms with Crippen molar-refractivity contribution in [3.63, 3.8) is 0 Å². The molecule has 8 nitrogen and oxygen atoms in total. The zero-order valence-electron chi connectivity index (χ0n) is 15.2. The van der Waals surface area contributed by atoms with E-state index in [2.05, 4.69) is 4.98 Å². The molecule has 1 aromatic carbocycles. The molecule has 1 fully saturated rings. The van der Waals surface area contributed by atoms with Gasteiger partial charge in [-0.05, 0) is 24.3 Å². The third-order valence-electron chi connectivity index (χ3n) is 4.72. The Balaban J connectivity index is 1.56. The van der Waals surface area contributed by atoms with Crippen molar-refractivity contribution in [3.05, 3.63) is 70.8 Å². The normalized spacial score (nSPS) is 14.4. The van der Waals surface area contributed by atoms with Gasteiger partial charge in [0.2, 0.25) is 5.91 Å². The number of carbonyl (C=O) groups excluding carboxylic acids is 2. The van der Waals surface area contributed by atoms with Crippen molar-refractivity contribution in [2.75, 3.05) is 31.6 Å². The van der Waals surface area contributed by atoms with Crippen LogP contribution in [0.3, 0.4) is 0 Å². The zero-order chi connectivity index (χ0) is 19.7. The van der Waals surface area contributed by atoms with Gasteiger partial charge in [-0.25, -0.2) is 4.98 Å². The van der Waals surface area contributed by atoms with Crippen molar-refractivity contribution in [1.29, 1.82) is 0 Å². The first-order chi connectivity index (χ1) is 13.6. The first kappa shape index (κ1) is 17.7. The largest absolute Gasteiger partial charge is 0.497 e. The number of pyridine rings is 1. The maximum Gasteiger partial charge on any atom is 0.270 e. The average molecular weight is 378 g/mol. The van der Waals surface area contributed by atoms with E-state index < -0.39 is 11.5 Å². The van der Waals surface area contributed by atoms with Crippen LogP contribution >= 0.6 is 0 Å². The van der Waals surface area contributed by atoms with Crippen LogP contribution in [0.1, 0.15) is 10.4 Å². The summed E-state index contributed by atoms with van der Waals surface area (Å²) in [4.78, 5) is 45.2. The topological polar surface area (TPSA) is 84.2 Å². The van der Waals surface area contributed by atoms with Crippen LogP contribution in [-0.2, 0) is 4.79 Å². The highest BCUT2D eigenvalue weighted by Crippen LogP contribution is 2.23. The highest BCUT2D eigenvalue weighted by Gasteiger charge is 2.30. The standard InChI is InChI=1S/C20H18N4O4/c1-28-15-6-4-5-14(11-15)23-10-9-22(13-18(23)25)19(26)16-12-21-17-7-2-3-8-24(17)20(16)27/h2-8,11-12H,9-10,13H2,1H3. The number of hydrogen-bond donors (Lipinski definition) is 0. The predicted molar refractivity (Wildman–Crippen MR) is 103 cm³/mol. The van der Waals surface area contributed by atoms with Crippen LogP contribution in [0.5, 0.6) is 5.75 Å². The molecule has 28 heavy (non-hydrogen) atoms. The van der Waals surface area contributed by atoms with Crippen LogP contribution < -0.4 is 15.2 Å². The third-order valence-corrected chi connectivity index (χ3v) is 4.72. The number of hydrogen-bond acceptors (Lipinski definition) is 5. The number of piperazine rings is 1. The van der Waals surface area contributed by atoms with Crippen LogP contribution in [0.25, 0.3) is 5.65 Å². The summed E-state index contributed by atoms with van der Waals surface area (Å²) in [5, 5.41) is 0. The van der Waals surface area contributed by atoms with E-state index in [1.54, 1.807) is 54.6 Å². The van der Waals surface area contributed by atoms with Crippen molar-refractivity contribution < 1.29 is 14.3 Å². The number of ether oxygens (including phenoxy) is 1. The molecule has 3 heterocycles. The summed E-state index contributed by atoms with van der Waals surface area (Å²) in [5.74, 6) is -0.0600. The van der Waals surface area contributed by atoms with Gasteiger partial charge < -0.3 is 14.5 Å². The second kappa shape index (κ2) is 7.15. The maximum absolute atomic E-state index is 12.8. The molecule has 1 aliphatic heterocycles. The Morgan fingerprint density at radius 2 is 1.96 bits per heavy atom. The molecule has 0 bridgehead atoms. The fraction of sp³-hybridized carbons (Fsp3) is 0.200. The Morgan fingerprint density at radius 3 is 2.75 bits per heavy atom. The molecule has 0 atom stereocenters. The van der Waals surface area contributed by atoms with E-state index in [0.717, 1.165) is 0 Å². The summed E-state index contributed by atoms with van der Waals surface area (Å²) < 4.78 is 6.52. The first-order valence-corrected chi connectivity index (χ1v) is 8.78. The van der Waals surface area contributed by atoms with Gasteiger partial charge in [0.15, 0.2) is 0 Å². The van der Waals surface area contributed by atoms with Crippen molar-refractivity contribution >= 4 is 23.1 Å². The van der Waals surface area contributed by atoms with Crippen LogP contribution in [-0.4, -0.2) is 52.8 Å². The van der Waals surface area contributed by atoms with E-state index in [9.17, 15) is 14.4 Å². The Hall–Kier alpha value is -3.68. The molecule has 3 aromatic rings. The van der Waals surface area contributed by atoms with E-state index in [-0.39, 0.29) is 18.0 Å². The molecule has 1 aliphatic rings. The fourth-order valence-electron chi connectivity index (χ4n) is 3.24. The Kier molecular flexibility index (Phi) is 4.52. The van der Waals surface area contributed by atoms with Crippen LogP contribution in [0.4, 0.5) is 5.69 Å². The molecule has 0 saturated carbocycles. The second-order valence-corrected chi connectivity index (χ2v) is 6.38. The quantitative estimate of drug-likeness (QED) is 0.684. The summed E-state index contributed by atoms with van der Waals surface area (Å²) >= 11 is 0. The van der Waals surface area contributed by atoms with Gasteiger partial charge in [0.1, 0.15) is 23.5 Å². The number of benzene rings is 1. The number of nitrogens with zero attached hydrogens (tertiary/aromatic N) is 4. The third kappa shape index (κ3) is 3.09. The SMILES string of the molecule is COc1cccc(N2CCN(C(=O)c3cnc4ccccn4c3=O)CC2=O)c1. The smallest absolute Gasteiger partial charge is 0.270 e. The lowest BCUT2D eigenvalue weighted by molar-refractivity contribution is -0.120. The molecule has 0 spiro atoms. The summed E-state index contributed by atoms with van der Waals surface area (Å²) in [6.45, 7) is 0.547. The molecule has 8 heteroatoms. The van der Waals surface area contributed by atoms with E-state index in [1.807, 2.05) is 6.07 Å². The summed E-state index contributed by atoms with van der Waals surface area (Å²) in [6.07, 6.45) is 2.84. The minimum atomic E-state index is -0.491. The van der Waals surface area contributed by atoms with Crippen molar-refractivity contribution in [1.82, 2.24) is 14.3 Å². The van der Waals surface area contributed by atoms with Gasteiger partial charge in [0.05, 0.1) is 7.11 Å². The average Bonchev–Trinajstić information content (AvgIpc) is 2.73. The van der Waals surface area contributed by atoms with Gasteiger partial charge in [0.25, 0.3) is 11.5 Å². The van der Waals surface area contributed by atoms with Crippen molar-refractivity contribution in [3.8, 4) is 5.75 Å². The van der Waals surface area contributed by atoms with Crippen molar-refractivity contribution in [2.24, 2.45) is 0 Å². The molecule has 0 radical (unpaired) electrons. The molecule has 4 rings (SSSR count). The van der Waals surface area contributed by atoms with Gasteiger partial charge in [0, 0.05) is 37.2 Å².